The first-order chi connectivity index (χ1) is 24.1. The molecular formula is C40H66N2O9. The fourth-order valence-electron chi connectivity index (χ4n) is 8.15. The Balaban J connectivity index is 1.46. The summed E-state index contributed by atoms with van der Waals surface area (Å²) in [6.07, 6.45) is 12.6. The molecule has 290 valence electrons. The largest absolute Gasteiger partial charge is 0.457 e. The van der Waals surface area contributed by atoms with Crippen LogP contribution in [0, 0.1) is 11.8 Å². The standard InChI is InChI=1S/C40H66N2O9/c1-7-32(44)29(4)37-33(45)26-39(5,51-37)19-12-13-27(2)36-28(3)16-17-34(40(6,48)20-18-31(43)25-35(46)50-36)49-38(47)42-23-21-41(22-24-42)30-14-10-8-9-11-15-30/h12-13,16-17,19,28-34,36-37,43-45,48H,7-11,14-15,18,20-26H2,1-6H3. The van der Waals surface area contributed by atoms with Gasteiger partial charge in [-0.2, -0.15) is 0 Å². The minimum atomic E-state index is -1.48. The molecule has 10 unspecified atom stereocenters. The van der Waals surface area contributed by atoms with Crippen molar-refractivity contribution in [2.24, 2.45) is 11.8 Å². The fraction of sp³-hybridized carbons (Fsp3) is 0.800. The van der Waals surface area contributed by atoms with E-state index in [4.69, 9.17) is 14.2 Å². The normalized spacial score (nSPS) is 36.9. The molecule has 1 saturated carbocycles. The number of cyclic esters (lactones) is 1. The molecule has 0 radical (unpaired) electrons. The van der Waals surface area contributed by atoms with Crippen molar-refractivity contribution < 1.29 is 44.2 Å². The zero-order chi connectivity index (χ0) is 37.3. The maximum absolute atomic E-state index is 13.5. The third-order valence-electron chi connectivity index (χ3n) is 11.7. The molecule has 1 amide bonds. The van der Waals surface area contributed by atoms with E-state index in [-0.39, 0.29) is 31.1 Å². The highest BCUT2D eigenvalue weighted by atomic mass is 16.6. The number of aliphatic hydroxyl groups excluding tert-OH is 3. The Kier molecular flexibility index (Phi) is 15.2. The summed E-state index contributed by atoms with van der Waals surface area (Å²) >= 11 is 0. The molecule has 3 fully saturated rings. The van der Waals surface area contributed by atoms with E-state index >= 15 is 0 Å². The van der Waals surface area contributed by atoms with Crippen LogP contribution in [0.25, 0.3) is 0 Å². The molecule has 0 aromatic rings. The van der Waals surface area contributed by atoms with Crippen LogP contribution in [-0.4, -0.2) is 122 Å². The summed E-state index contributed by atoms with van der Waals surface area (Å²) in [6.45, 7) is 13.8. The van der Waals surface area contributed by atoms with E-state index < -0.39 is 59.9 Å². The lowest BCUT2D eigenvalue weighted by molar-refractivity contribution is -0.151. The third-order valence-corrected chi connectivity index (χ3v) is 11.7. The number of allylic oxidation sites excluding steroid dienone is 2. The van der Waals surface area contributed by atoms with Crippen molar-refractivity contribution in [3.05, 3.63) is 36.0 Å². The maximum Gasteiger partial charge on any atom is 0.410 e. The van der Waals surface area contributed by atoms with Gasteiger partial charge in [0.25, 0.3) is 0 Å². The molecule has 0 aromatic carbocycles. The van der Waals surface area contributed by atoms with E-state index in [9.17, 15) is 30.0 Å². The first kappa shape index (κ1) is 41.5. The summed E-state index contributed by atoms with van der Waals surface area (Å²) in [5.74, 6) is -1.13. The van der Waals surface area contributed by atoms with Gasteiger partial charge in [-0.1, -0.05) is 70.8 Å². The predicted molar refractivity (Wildman–Crippen MR) is 196 cm³/mol. The van der Waals surface area contributed by atoms with Crippen molar-refractivity contribution >= 4 is 12.1 Å². The van der Waals surface area contributed by atoms with Crippen LogP contribution < -0.4 is 0 Å². The average molecular weight is 719 g/mol. The highest BCUT2D eigenvalue weighted by molar-refractivity contribution is 5.70. The van der Waals surface area contributed by atoms with Gasteiger partial charge < -0.3 is 39.5 Å². The Morgan fingerprint density at radius 1 is 1.08 bits per heavy atom. The average Bonchev–Trinajstić information content (AvgIpc) is 3.23. The summed E-state index contributed by atoms with van der Waals surface area (Å²) in [6, 6.07) is 0.581. The van der Waals surface area contributed by atoms with Crippen LogP contribution in [0.2, 0.25) is 0 Å². The molecule has 0 bridgehead atoms. The van der Waals surface area contributed by atoms with E-state index in [1.54, 1.807) is 17.9 Å². The maximum atomic E-state index is 13.5. The Morgan fingerprint density at radius 2 is 1.75 bits per heavy atom. The van der Waals surface area contributed by atoms with Crippen LogP contribution in [0.4, 0.5) is 4.79 Å². The smallest absolute Gasteiger partial charge is 0.410 e. The first-order valence-electron chi connectivity index (χ1n) is 19.5. The van der Waals surface area contributed by atoms with Gasteiger partial charge in [0.2, 0.25) is 0 Å². The van der Waals surface area contributed by atoms with Gasteiger partial charge in [-0.05, 0) is 64.5 Å². The number of hydrogen-bond acceptors (Lipinski definition) is 10. The van der Waals surface area contributed by atoms with Crippen molar-refractivity contribution in [3.63, 3.8) is 0 Å². The Bertz CT molecular complexity index is 1220. The molecule has 2 saturated heterocycles. The molecule has 0 spiro atoms. The number of carbonyl (C=O) groups excluding carboxylic acids is 2. The lowest BCUT2D eigenvalue weighted by atomic mass is 9.88. The van der Waals surface area contributed by atoms with Crippen LogP contribution >= 0.6 is 0 Å². The molecule has 3 heterocycles. The monoisotopic (exact) mass is 718 g/mol. The number of carbonyl (C=O) groups is 2. The van der Waals surface area contributed by atoms with Crippen LogP contribution in [0.15, 0.2) is 36.0 Å². The predicted octanol–water partition coefficient (Wildman–Crippen LogP) is 5.05. The topological polar surface area (TPSA) is 149 Å². The molecule has 3 aliphatic heterocycles. The van der Waals surface area contributed by atoms with Crippen molar-refractivity contribution in [1.82, 2.24) is 9.80 Å². The van der Waals surface area contributed by atoms with Gasteiger partial charge in [0, 0.05) is 50.5 Å². The summed E-state index contributed by atoms with van der Waals surface area (Å²) in [4.78, 5) is 30.7. The number of hydrogen-bond donors (Lipinski definition) is 4. The number of aliphatic hydroxyl groups is 4. The number of nitrogens with zero attached hydrogens (tertiary/aromatic N) is 2. The van der Waals surface area contributed by atoms with Crippen molar-refractivity contribution in [1.29, 1.82) is 0 Å². The summed E-state index contributed by atoms with van der Waals surface area (Å²) in [7, 11) is 0. The van der Waals surface area contributed by atoms with Crippen LogP contribution in [0.1, 0.15) is 112 Å². The molecule has 4 N–H and O–H groups in total. The van der Waals surface area contributed by atoms with Gasteiger partial charge in [0.05, 0.1) is 36.4 Å². The minimum Gasteiger partial charge on any atom is -0.457 e. The lowest BCUT2D eigenvalue weighted by Gasteiger charge is -2.40. The van der Waals surface area contributed by atoms with Crippen LogP contribution in [0.5, 0.6) is 0 Å². The number of esters is 1. The van der Waals surface area contributed by atoms with Gasteiger partial charge in [-0.3, -0.25) is 9.69 Å². The number of rotatable bonds is 8. The molecule has 4 rings (SSSR count). The summed E-state index contributed by atoms with van der Waals surface area (Å²) in [5.41, 5.74) is -1.49. The van der Waals surface area contributed by atoms with Gasteiger partial charge in [-0.25, -0.2) is 4.79 Å². The SMILES string of the molecule is CCC(O)C(C)C1OC(C)(C=CC=C(C)C2OC(=O)CC(O)CCC(C)(O)C(OC(=O)N3CCN(C4CCCCCC4)CC3)C=CC2C)CC1O. The van der Waals surface area contributed by atoms with Gasteiger partial charge >= 0.3 is 12.1 Å². The summed E-state index contributed by atoms with van der Waals surface area (Å²) < 4.78 is 18.2. The summed E-state index contributed by atoms with van der Waals surface area (Å²) in [5, 5.41) is 43.3. The number of amides is 1. The van der Waals surface area contributed by atoms with E-state index in [1.807, 2.05) is 58.9 Å². The molecule has 4 aliphatic rings. The highest BCUT2D eigenvalue weighted by Crippen LogP contribution is 2.37. The Morgan fingerprint density at radius 3 is 2.39 bits per heavy atom. The van der Waals surface area contributed by atoms with E-state index in [0.717, 1.165) is 18.7 Å². The fourth-order valence-corrected chi connectivity index (χ4v) is 8.15. The Labute approximate surface area is 305 Å². The van der Waals surface area contributed by atoms with Crippen molar-refractivity contribution in [2.75, 3.05) is 26.2 Å². The molecule has 1 aliphatic carbocycles. The van der Waals surface area contributed by atoms with Gasteiger partial charge in [0.15, 0.2) is 6.10 Å². The molecule has 10 atom stereocenters. The van der Waals surface area contributed by atoms with Crippen molar-refractivity contribution in [3.8, 4) is 0 Å². The zero-order valence-corrected chi connectivity index (χ0v) is 31.9. The second-order valence-electron chi connectivity index (χ2n) is 16.2. The molecule has 0 aromatic heterocycles. The second kappa shape index (κ2) is 18.7. The first-order valence-corrected chi connectivity index (χ1v) is 19.5. The van der Waals surface area contributed by atoms with Crippen molar-refractivity contribution in [2.45, 2.75) is 166 Å². The second-order valence-corrected chi connectivity index (χ2v) is 16.2. The number of ether oxygens (including phenoxy) is 3. The lowest BCUT2D eigenvalue weighted by Crippen LogP contribution is -2.53. The van der Waals surface area contributed by atoms with E-state index in [0.29, 0.717) is 32.0 Å². The zero-order valence-electron chi connectivity index (χ0n) is 31.9. The Hall–Kier alpha value is -2.28. The molecular weight excluding hydrogens is 652 g/mol. The van der Waals surface area contributed by atoms with E-state index in [2.05, 4.69) is 4.90 Å². The molecule has 11 nitrogen and oxygen atoms in total. The molecule has 11 heteroatoms. The quantitative estimate of drug-likeness (QED) is 0.116. The van der Waals surface area contributed by atoms with Crippen LogP contribution in [-0.2, 0) is 19.0 Å². The molecule has 51 heavy (non-hydrogen) atoms. The number of piperazine rings is 1. The minimum absolute atomic E-state index is 0.118. The third kappa shape index (κ3) is 11.6. The van der Waals surface area contributed by atoms with Crippen LogP contribution in [0.3, 0.4) is 0 Å². The van der Waals surface area contributed by atoms with Gasteiger partial charge in [-0.15, -0.1) is 0 Å². The van der Waals surface area contributed by atoms with E-state index in [1.165, 1.54) is 38.5 Å². The highest BCUT2D eigenvalue weighted by Gasteiger charge is 2.45. The van der Waals surface area contributed by atoms with Gasteiger partial charge in [0.1, 0.15) is 11.7 Å².